The van der Waals surface area contributed by atoms with Gasteiger partial charge in [-0.05, 0) is 31.2 Å². The number of benzene rings is 1. The minimum absolute atomic E-state index is 0.242. The van der Waals surface area contributed by atoms with E-state index >= 15 is 0 Å². The summed E-state index contributed by atoms with van der Waals surface area (Å²) in [6.07, 6.45) is 0.866. The fourth-order valence-corrected chi connectivity index (χ4v) is 1.70. The zero-order valence-corrected chi connectivity index (χ0v) is 10.4. The lowest BCUT2D eigenvalue weighted by molar-refractivity contribution is 0.0206. The van der Waals surface area contributed by atoms with E-state index in [1.165, 1.54) is 0 Å². The average Bonchev–Trinajstić information content (AvgIpc) is 2.27. The summed E-state index contributed by atoms with van der Waals surface area (Å²) in [6, 6.07) is 9.61. The summed E-state index contributed by atoms with van der Waals surface area (Å²) in [5, 5.41) is 20.0. The quantitative estimate of drug-likeness (QED) is 0.804. The van der Waals surface area contributed by atoms with Gasteiger partial charge < -0.3 is 10.2 Å². The Bertz CT molecular complexity index is 304. The van der Waals surface area contributed by atoms with Gasteiger partial charge in [-0.3, -0.25) is 0 Å². The van der Waals surface area contributed by atoms with Crippen LogP contribution < -0.4 is 0 Å². The fraction of sp³-hybridized carbons (Fsp3) is 0.571. The number of aliphatic hydroxyl groups is 2. The molecule has 1 rings (SSSR count). The van der Waals surface area contributed by atoms with Crippen LogP contribution in [0.3, 0.4) is 0 Å². The normalized spacial score (nSPS) is 17.1. The molecule has 0 aliphatic heterocycles. The van der Waals surface area contributed by atoms with Gasteiger partial charge in [0.05, 0.1) is 11.7 Å². The van der Waals surface area contributed by atoms with Gasteiger partial charge in [0, 0.05) is 0 Å². The molecule has 2 atom stereocenters. The van der Waals surface area contributed by atoms with Crippen molar-refractivity contribution in [1.29, 1.82) is 0 Å². The predicted octanol–water partition coefficient (Wildman–Crippen LogP) is 2.69. The first-order chi connectivity index (χ1) is 7.43. The molecular weight excluding hydrogens is 200 g/mol. The van der Waals surface area contributed by atoms with Crippen molar-refractivity contribution in [3.8, 4) is 0 Å². The van der Waals surface area contributed by atoms with Gasteiger partial charge in [0.15, 0.2) is 0 Å². The van der Waals surface area contributed by atoms with Gasteiger partial charge in [-0.25, -0.2) is 0 Å². The van der Waals surface area contributed by atoms with E-state index in [-0.39, 0.29) is 12.0 Å². The van der Waals surface area contributed by atoms with Crippen LogP contribution in [0, 0.1) is 5.92 Å². The summed E-state index contributed by atoms with van der Waals surface area (Å²) in [6.45, 7) is 5.78. The second-order valence-corrected chi connectivity index (χ2v) is 4.99. The minimum atomic E-state index is -0.850. The minimum Gasteiger partial charge on any atom is -0.393 e. The molecule has 2 heteroatoms. The molecule has 0 saturated carbocycles. The highest BCUT2D eigenvalue weighted by molar-refractivity contribution is 5.21. The van der Waals surface area contributed by atoms with E-state index in [2.05, 4.69) is 0 Å². The summed E-state index contributed by atoms with van der Waals surface area (Å²) < 4.78 is 0. The Labute approximate surface area is 97.9 Å². The van der Waals surface area contributed by atoms with E-state index in [4.69, 9.17) is 0 Å². The first-order valence-electron chi connectivity index (χ1n) is 5.89. The van der Waals surface area contributed by atoms with Crippen molar-refractivity contribution in [3.05, 3.63) is 35.9 Å². The van der Waals surface area contributed by atoms with Crippen molar-refractivity contribution < 1.29 is 10.2 Å². The predicted molar refractivity (Wildman–Crippen MR) is 66.1 cm³/mol. The molecule has 0 saturated heterocycles. The summed E-state index contributed by atoms with van der Waals surface area (Å²) in [5.74, 6) is 0.242. The van der Waals surface area contributed by atoms with Crippen LogP contribution in [0.2, 0.25) is 0 Å². The maximum absolute atomic E-state index is 10.3. The van der Waals surface area contributed by atoms with Gasteiger partial charge in [0.25, 0.3) is 0 Å². The number of hydrogen-bond acceptors (Lipinski definition) is 2. The van der Waals surface area contributed by atoms with Gasteiger partial charge in [0.2, 0.25) is 0 Å². The van der Waals surface area contributed by atoms with Crippen molar-refractivity contribution in [2.24, 2.45) is 5.92 Å². The zero-order valence-electron chi connectivity index (χ0n) is 10.4. The summed E-state index contributed by atoms with van der Waals surface area (Å²) in [4.78, 5) is 0. The lowest BCUT2D eigenvalue weighted by Gasteiger charge is -2.26. The maximum atomic E-state index is 10.3. The Morgan fingerprint density at radius 1 is 1.19 bits per heavy atom. The Balaban J connectivity index is 2.59. The average molecular weight is 222 g/mol. The number of hydrogen-bond donors (Lipinski definition) is 2. The van der Waals surface area contributed by atoms with Gasteiger partial charge in [0.1, 0.15) is 0 Å². The van der Waals surface area contributed by atoms with E-state index in [0.29, 0.717) is 12.8 Å². The van der Waals surface area contributed by atoms with Crippen LogP contribution in [0.1, 0.15) is 39.2 Å². The fourth-order valence-electron chi connectivity index (χ4n) is 1.70. The molecule has 2 nitrogen and oxygen atoms in total. The molecule has 0 bridgehead atoms. The molecule has 16 heavy (non-hydrogen) atoms. The molecule has 0 radical (unpaired) electrons. The first kappa shape index (κ1) is 13.2. The molecule has 1 aromatic carbocycles. The third-order valence-corrected chi connectivity index (χ3v) is 3.09. The van der Waals surface area contributed by atoms with E-state index < -0.39 is 5.60 Å². The molecule has 0 heterocycles. The van der Waals surface area contributed by atoms with Crippen molar-refractivity contribution >= 4 is 0 Å². The van der Waals surface area contributed by atoms with Crippen molar-refractivity contribution in [3.63, 3.8) is 0 Å². The highest BCUT2D eigenvalue weighted by Crippen LogP contribution is 2.27. The van der Waals surface area contributed by atoms with Crippen LogP contribution in [0.25, 0.3) is 0 Å². The molecule has 2 N–H and O–H groups in total. The highest BCUT2D eigenvalue weighted by Gasteiger charge is 2.24. The van der Waals surface area contributed by atoms with Crippen LogP contribution in [0.5, 0.6) is 0 Å². The third kappa shape index (κ3) is 3.62. The summed E-state index contributed by atoms with van der Waals surface area (Å²) in [7, 11) is 0. The lowest BCUT2D eigenvalue weighted by atomic mass is 9.88. The molecule has 0 spiro atoms. The number of rotatable bonds is 5. The topological polar surface area (TPSA) is 40.5 Å². The zero-order chi connectivity index (χ0) is 12.2. The SMILES string of the molecule is CC(C)C(O)CCC(C)(O)c1ccccc1. The van der Waals surface area contributed by atoms with Crippen LogP contribution in [0.15, 0.2) is 30.3 Å². The van der Waals surface area contributed by atoms with Gasteiger partial charge >= 0.3 is 0 Å². The molecule has 0 aliphatic rings. The van der Waals surface area contributed by atoms with Crippen LogP contribution >= 0.6 is 0 Å². The Morgan fingerprint density at radius 2 is 1.75 bits per heavy atom. The smallest absolute Gasteiger partial charge is 0.0869 e. The van der Waals surface area contributed by atoms with Crippen molar-refractivity contribution in [1.82, 2.24) is 0 Å². The molecule has 1 aromatic rings. The molecule has 0 amide bonds. The molecule has 0 fully saturated rings. The van der Waals surface area contributed by atoms with Crippen LogP contribution in [0.4, 0.5) is 0 Å². The molecular formula is C14H22O2. The van der Waals surface area contributed by atoms with Gasteiger partial charge in [-0.15, -0.1) is 0 Å². The van der Waals surface area contributed by atoms with Crippen molar-refractivity contribution in [2.45, 2.75) is 45.3 Å². The Hall–Kier alpha value is -0.860. The van der Waals surface area contributed by atoms with E-state index in [1.807, 2.05) is 44.2 Å². The largest absolute Gasteiger partial charge is 0.393 e. The lowest BCUT2D eigenvalue weighted by Crippen LogP contribution is -2.25. The van der Waals surface area contributed by atoms with Crippen LogP contribution in [-0.2, 0) is 5.60 Å². The summed E-state index contributed by atoms with van der Waals surface area (Å²) in [5.41, 5.74) is 0.0582. The Kier molecular flexibility index (Phi) is 4.51. The van der Waals surface area contributed by atoms with Crippen molar-refractivity contribution in [2.75, 3.05) is 0 Å². The van der Waals surface area contributed by atoms with Gasteiger partial charge in [-0.1, -0.05) is 44.2 Å². The maximum Gasteiger partial charge on any atom is 0.0869 e. The van der Waals surface area contributed by atoms with E-state index in [9.17, 15) is 10.2 Å². The standard InChI is InChI=1S/C14H22O2/c1-11(2)13(15)9-10-14(3,16)12-7-5-4-6-8-12/h4-8,11,13,15-16H,9-10H2,1-3H3. The highest BCUT2D eigenvalue weighted by atomic mass is 16.3. The van der Waals surface area contributed by atoms with E-state index in [1.54, 1.807) is 6.92 Å². The second kappa shape index (κ2) is 5.46. The Morgan fingerprint density at radius 3 is 2.25 bits per heavy atom. The van der Waals surface area contributed by atoms with Crippen LogP contribution in [-0.4, -0.2) is 16.3 Å². The third-order valence-electron chi connectivity index (χ3n) is 3.09. The molecule has 0 aromatic heterocycles. The molecule has 2 unspecified atom stereocenters. The van der Waals surface area contributed by atoms with Gasteiger partial charge in [-0.2, -0.15) is 0 Å². The monoisotopic (exact) mass is 222 g/mol. The molecule has 90 valence electrons. The van der Waals surface area contributed by atoms with E-state index in [0.717, 1.165) is 5.56 Å². The summed E-state index contributed by atoms with van der Waals surface area (Å²) >= 11 is 0. The second-order valence-electron chi connectivity index (χ2n) is 4.99. The molecule has 0 aliphatic carbocycles. The number of aliphatic hydroxyl groups excluding tert-OH is 1. The first-order valence-corrected chi connectivity index (χ1v) is 5.89.